The van der Waals surface area contributed by atoms with Gasteiger partial charge in [0.25, 0.3) is 5.91 Å². The molecule has 21 heavy (non-hydrogen) atoms. The molecule has 112 valence electrons. The number of carbonyl (C=O) groups is 2. The maximum atomic E-state index is 12.6. The Balaban J connectivity index is 1.76. The summed E-state index contributed by atoms with van der Waals surface area (Å²) in [4.78, 5) is 24.9. The number of para-hydroxylation sites is 1. The second-order valence-electron chi connectivity index (χ2n) is 4.88. The molecular weight excluding hydrogens is 278 g/mol. The van der Waals surface area contributed by atoms with Crippen LogP contribution < -0.4 is 9.47 Å². The van der Waals surface area contributed by atoms with Crippen LogP contribution in [0.1, 0.15) is 16.8 Å². The molecule has 0 spiro atoms. The van der Waals surface area contributed by atoms with Crippen LogP contribution in [0.15, 0.2) is 18.2 Å². The summed E-state index contributed by atoms with van der Waals surface area (Å²) in [7, 11) is 0. The van der Waals surface area contributed by atoms with Gasteiger partial charge >= 0.3 is 5.97 Å². The average Bonchev–Trinajstić information content (AvgIpc) is 2.94. The number of ether oxygens (including phenoxy) is 3. The SMILES string of the molecule is O=C(O)C[C@@H]1CN(C(=O)c2cccc3c2OCO3)CCO1. The highest BCUT2D eigenvalue weighted by Gasteiger charge is 2.30. The quantitative estimate of drug-likeness (QED) is 0.884. The first-order valence-electron chi connectivity index (χ1n) is 6.66. The predicted octanol–water partition coefficient (Wildman–Crippen LogP) is 0.731. The van der Waals surface area contributed by atoms with E-state index in [-0.39, 0.29) is 25.7 Å². The molecule has 1 aromatic carbocycles. The van der Waals surface area contributed by atoms with Crippen molar-refractivity contribution < 1.29 is 28.9 Å². The molecule has 1 amide bonds. The Morgan fingerprint density at radius 1 is 1.33 bits per heavy atom. The van der Waals surface area contributed by atoms with Crippen LogP contribution in [0.2, 0.25) is 0 Å². The average molecular weight is 293 g/mol. The molecule has 2 aliphatic heterocycles. The zero-order valence-electron chi connectivity index (χ0n) is 11.3. The number of morpholine rings is 1. The molecule has 7 nitrogen and oxygen atoms in total. The smallest absolute Gasteiger partial charge is 0.306 e. The van der Waals surface area contributed by atoms with Crippen LogP contribution in [-0.2, 0) is 9.53 Å². The molecule has 0 saturated carbocycles. The monoisotopic (exact) mass is 293 g/mol. The Morgan fingerprint density at radius 2 is 2.19 bits per heavy atom. The molecule has 0 bridgehead atoms. The largest absolute Gasteiger partial charge is 0.481 e. The lowest BCUT2D eigenvalue weighted by Crippen LogP contribution is -2.46. The van der Waals surface area contributed by atoms with Crippen LogP contribution in [0.4, 0.5) is 0 Å². The topological polar surface area (TPSA) is 85.3 Å². The molecule has 1 fully saturated rings. The predicted molar refractivity (Wildman–Crippen MR) is 70.5 cm³/mol. The third-order valence-corrected chi connectivity index (χ3v) is 3.46. The normalized spacial score (nSPS) is 20.4. The molecule has 2 aliphatic rings. The number of hydrogen-bond donors (Lipinski definition) is 1. The van der Waals surface area contributed by atoms with Crippen molar-refractivity contribution in [2.75, 3.05) is 26.5 Å². The lowest BCUT2D eigenvalue weighted by Gasteiger charge is -2.32. The summed E-state index contributed by atoms with van der Waals surface area (Å²) in [5.41, 5.74) is 0.431. The molecule has 0 unspecified atom stereocenters. The number of aliphatic carboxylic acids is 1. The molecule has 1 N–H and O–H groups in total. The molecule has 0 radical (unpaired) electrons. The van der Waals surface area contributed by atoms with Gasteiger partial charge in [0.05, 0.1) is 24.7 Å². The van der Waals surface area contributed by atoms with Gasteiger partial charge in [-0.05, 0) is 12.1 Å². The highest BCUT2D eigenvalue weighted by molar-refractivity contribution is 5.98. The van der Waals surface area contributed by atoms with E-state index >= 15 is 0 Å². The molecule has 0 aromatic heterocycles. The van der Waals surface area contributed by atoms with Crippen LogP contribution in [0.5, 0.6) is 11.5 Å². The lowest BCUT2D eigenvalue weighted by molar-refractivity contribution is -0.141. The van der Waals surface area contributed by atoms with Gasteiger partial charge in [0.15, 0.2) is 11.5 Å². The number of carboxylic acid groups (broad SMARTS) is 1. The van der Waals surface area contributed by atoms with Gasteiger partial charge < -0.3 is 24.2 Å². The summed E-state index contributed by atoms with van der Waals surface area (Å²) in [5, 5.41) is 8.81. The molecule has 1 atom stereocenters. The summed E-state index contributed by atoms with van der Waals surface area (Å²) in [5.74, 6) is -0.136. The van der Waals surface area contributed by atoms with E-state index < -0.39 is 12.1 Å². The standard InChI is InChI=1S/C14H15NO6/c16-12(17)6-9-7-15(4-5-19-9)14(18)10-2-1-3-11-13(10)21-8-20-11/h1-3,9H,4-8H2,(H,16,17)/t9-/m1/s1. The van der Waals surface area contributed by atoms with E-state index in [1.54, 1.807) is 23.1 Å². The number of amides is 1. The number of rotatable bonds is 3. The minimum atomic E-state index is -0.938. The first kappa shape index (κ1) is 13.7. The zero-order valence-corrected chi connectivity index (χ0v) is 11.3. The summed E-state index contributed by atoms with van der Waals surface area (Å²) >= 11 is 0. The minimum Gasteiger partial charge on any atom is -0.481 e. The van der Waals surface area contributed by atoms with E-state index in [1.165, 1.54) is 0 Å². The van der Waals surface area contributed by atoms with Crippen molar-refractivity contribution in [3.63, 3.8) is 0 Å². The molecule has 3 rings (SSSR count). The lowest BCUT2D eigenvalue weighted by atomic mass is 10.1. The van der Waals surface area contributed by atoms with Gasteiger partial charge in [-0.2, -0.15) is 0 Å². The fraction of sp³-hybridized carbons (Fsp3) is 0.429. The van der Waals surface area contributed by atoms with Crippen LogP contribution in [0.25, 0.3) is 0 Å². The fourth-order valence-electron chi connectivity index (χ4n) is 2.49. The van der Waals surface area contributed by atoms with Crippen LogP contribution in [-0.4, -0.2) is 54.5 Å². The molecular formula is C14H15NO6. The number of benzene rings is 1. The highest BCUT2D eigenvalue weighted by Crippen LogP contribution is 2.36. The van der Waals surface area contributed by atoms with Gasteiger partial charge in [0.2, 0.25) is 6.79 Å². The first-order chi connectivity index (χ1) is 10.1. The van der Waals surface area contributed by atoms with Crippen molar-refractivity contribution in [1.29, 1.82) is 0 Å². The highest BCUT2D eigenvalue weighted by atomic mass is 16.7. The van der Waals surface area contributed by atoms with E-state index in [1.807, 2.05) is 0 Å². The van der Waals surface area contributed by atoms with Crippen LogP contribution in [0, 0.1) is 0 Å². The van der Waals surface area contributed by atoms with Gasteiger partial charge in [0.1, 0.15) is 0 Å². The van der Waals surface area contributed by atoms with E-state index in [0.717, 1.165) is 0 Å². The van der Waals surface area contributed by atoms with Gasteiger partial charge in [-0.15, -0.1) is 0 Å². The third-order valence-electron chi connectivity index (χ3n) is 3.46. The number of carboxylic acids is 1. The second kappa shape index (κ2) is 5.61. The van der Waals surface area contributed by atoms with Gasteiger partial charge in [-0.25, -0.2) is 0 Å². The van der Waals surface area contributed by atoms with Crippen molar-refractivity contribution in [1.82, 2.24) is 4.90 Å². The maximum Gasteiger partial charge on any atom is 0.306 e. The van der Waals surface area contributed by atoms with Crippen molar-refractivity contribution >= 4 is 11.9 Å². The van der Waals surface area contributed by atoms with E-state index in [9.17, 15) is 9.59 Å². The number of hydrogen-bond acceptors (Lipinski definition) is 5. The fourth-order valence-corrected chi connectivity index (χ4v) is 2.49. The summed E-state index contributed by atoms with van der Waals surface area (Å²) in [6.07, 6.45) is -0.592. The van der Waals surface area contributed by atoms with Crippen molar-refractivity contribution in [2.24, 2.45) is 0 Å². The van der Waals surface area contributed by atoms with Gasteiger partial charge in [-0.1, -0.05) is 6.07 Å². The van der Waals surface area contributed by atoms with E-state index in [4.69, 9.17) is 19.3 Å². The van der Waals surface area contributed by atoms with E-state index in [0.29, 0.717) is 30.2 Å². The molecule has 7 heteroatoms. The Hall–Kier alpha value is -2.28. The van der Waals surface area contributed by atoms with Crippen molar-refractivity contribution in [2.45, 2.75) is 12.5 Å². The number of fused-ring (bicyclic) bond motifs is 1. The first-order valence-corrected chi connectivity index (χ1v) is 6.66. The summed E-state index contributed by atoms with van der Waals surface area (Å²) in [6, 6.07) is 5.15. The minimum absolute atomic E-state index is 0.102. The molecule has 1 aromatic rings. The zero-order chi connectivity index (χ0) is 14.8. The van der Waals surface area contributed by atoms with E-state index in [2.05, 4.69) is 0 Å². The maximum absolute atomic E-state index is 12.6. The number of nitrogens with zero attached hydrogens (tertiary/aromatic N) is 1. The molecule has 1 saturated heterocycles. The number of carbonyl (C=O) groups excluding carboxylic acids is 1. The molecule has 0 aliphatic carbocycles. The Labute approximate surface area is 121 Å². The van der Waals surface area contributed by atoms with Crippen molar-refractivity contribution in [3.8, 4) is 11.5 Å². The second-order valence-corrected chi connectivity index (χ2v) is 4.88. The summed E-state index contributed by atoms with van der Waals surface area (Å²) < 4.78 is 16.0. The van der Waals surface area contributed by atoms with Crippen LogP contribution >= 0.6 is 0 Å². The Bertz CT molecular complexity index is 573. The van der Waals surface area contributed by atoms with Gasteiger partial charge in [0, 0.05) is 13.1 Å². The Kier molecular flexibility index (Phi) is 3.66. The Morgan fingerprint density at radius 3 is 3.00 bits per heavy atom. The van der Waals surface area contributed by atoms with Gasteiger partial charge in [-0.3, -0.25) is 9.59 Å². The third kappa shape index (κ3) is 2.78. The van der Waals surface area contributed by atoms with Crippen molar-refractivity contribution in [3.05, 3.63) is 23.8 Å². The molecule has 2 heterocycles. The summed E-state index contributed by atoms with van der Waals surface area (Å²) in [6.45, 7) is 1.12. The van der Waals surface area contributed by atoms with Crippen LogP contribution in [0.3, 0.4) is 0 Å².